The minimum absolute atomic E-state index is 0.0813. The second kappa shape index (κ2) is 6.81. The molecule has 1 aliphatic heterocycles. The second-order valence-electron chi connectivity index (χ2n) is 6.85. The first-order valence-corrected chi connectivity index (χ1v) is 8.93. The summed E-state index contributed by atoms with van der Waals surface area (Å²) in [4.78, 5) is 14.8. The normalized spacial score (nSPS) is 19.2. The van der Waals surface area contributed by atoms with Crippen molar-refractivity contribution in [2.45, 2.75) is 25.3 Å². The van der Waals surface area contributed by atoms with Crippen LogP contribution >= 0.6 is 0 Å². The lowest BCUT2D eigenvalue weighted by Crippen LogP contribution is -2.36. The molecule has 128 valence electrons. The van der Waals surface area contributed by atoms with Crippen LogP contribution in [0.2, 0.25) is 0 Å². The molecule has 0 bridgehead atoms. The van der Waals surface area contributed by atoms with E-state index in [1.165, 1.54) is 11.1 Å². The molecule has 1 unspecified atom stereocenters. The third-order valence-corrected chi connectivity index (χ3v) is 5.21. The smallest absolute Gasteiger partial charge is 0.256 e. The first kappa shape index (κ1) is 16.0. The number of hydrogen-bond donors (Lipinski definition) is 0. The van der Waals surface area contributed by atoms with Gasteiger partial charge in [-0.25, -0.2) is 5.01 Å². The van der Waals surface area contributed by atoms with Crippen molar-refractivity contribution in [1.82, 2.24) is 9.91 Å². The molecule has 2 aromatic carbocycles. The number of carbonyl (C=O) groups excluding carboxylic acids is 1. The van der Waals surface area contributed by atoms with Gasteiger partial charge in [-0.05, 0) is 36.6 Å². The van der Waals surface area contributed by atoms with Crippen molar-refractivity contribution >= 4 is 11.6 Å². The summed E-state index contributed by atoms with van der Waals surface area (Å²) in [5.74, 6) is 0.0813. The van der Waals surface area contributed by atoms with Crippen LogP contribution in [0, 0.1) is 0 Å². The molecule has 1 atom stereocenters. The number of nitrogens with zero attached hydrogens (tertiary/aromatic N) is 3. The van der Waals surface area contributed by atoms with Crippen molar-refractivity contribution in [3.8, 4) is 0 Å². The van der Waals surface area contributed by atoms with Crippen molar-refractivity contribution in [2.75, 3.05) is 20.1 Å². The maximum absolute atomic E-state index is 12.7. The predicted octanol–water partition coefficient (Wildman–Crippen LogP) is 3.24. The molecule has 4 heteroatoms. The molecule has 25 heavy (non-hydrogen) atoms. The second-order valence-corrected chi connectivity index (χ2v) is 6.85. The zero-order valence-corrected chi connectivity index (χ0v) is 14.6. The molecule has 1 amide bonds. The van der Waals surface area contributed by atoms with Crippen molar-refractivity contribution < 1.29 is 4.79 Å². The first-order valence-electron chi connectivity index (χ1n) is 8.93. The van der Waals surface area contributed by atoms with Crippen LogP contribution in [0.1, 0.15) is 35.6 Å². The van der Waals surface area contributed by atoms with Gasteiger partial charge in [0.2, 0.25) is 0 Å². The lowest BCUT2D eigenvalue weighted by molar-refractivity contribution is -0.132. The van der Waals surface area contributed by atoms with Crippen LogP contribution in [0.15, 0.2) is 59.7 Å². The minimum Gasteiger partial charge on any atom is -0.290 e. The highest BCUT2D eigenvalue weighted by molar-refractivity contribution is 6.02. The molecule has 2 aromatic rings. The van der Waals surface area contributed by atoms with Gasteiger partial charge in [-0.15, -0.1) is 0 Å². The third kappa shape index (κ3) is 3.22. The molecule has 0 fully saturated rings. The van der Waals surface area contributed by atoms with Crippen molar-refractivity contribution in [3.63, 3.8) is 0 Å². The van der Waals surface area contributed by atoms with Gasteiger partial charge in [0, 0.05) is 12.5 Å². The van der Waals surface area contributed by atoms with Gasteiger partial charge in [0.15, 0.2) is 0 Å². The van der Waals surface area contributed by atoms with Gasteiger partial charge >= 0.3 is 0 Å². The summed E-state index contributed by atoms with van der Waals surface area (Å²) >= 11 is 0. The fourth-order valence-corrected chi connectivity index (χ4v) is 3.87. The van der Waals surface area contributed by atoms with E-state index in [0.717, 1.165) is 30.5 Å². The van der Waals surface area contributed by atoms with E-state index in [4.69, 9.17) is 0 Å². The Morgan fingerprint density at radius 1 is 1.12 bits per heavy atom. The van der Waals surface area contributed by atoms with Gasteiger partial charge < -0.3 is 0 Å². The number of fused-ring (bicyclic) bond motifs is 1. The molecule has 0 saturated heterocycles. The minimum atomic E-state index is 0.0813. The predicted molar refractivity (Wildman–Crippen MR) is 99.4 cm³/mol. The van der Waals surface area contributed by atoms with E-state index in [0.29, 0.717) is 19.1 Å². The molecule has 4 nitrogen and oxygen atoms in total. The van der Waals surface area contributed by atoms with E-state index in [1.807, 2.05) is 37.4 Å². The lowest BCUT2D eigenvalue weighted by atomic mass is 10.1. The molecule has 0 aromatic heterocycles. The molecule has 0 spiro atoms. The Morgan fingerprint density at radius 3 is 2.72 bits per heavy atom. The maximum atomic E-state index is 12.7. The molecule has 1 aliphatic carbocycles. The van der Waals surface area contributed by atoms with Gasteiger partial charge in [0.1, 0.15) is 0 Å². The van der Waals surface area contributed by atoms with Crippen molar-refractivity contribution in [1.29, 1.82) is 0 Å². The molecular formula is C21H23N3O. The molecule has 2 aliphatic rings. The van der Waals surface area contributed by atoms with E-state index < -0.39 is 0 Å². The van der Waals surface area contributed by atoms with E-state index in [9.17, 15) is 4.79 Å². The number of hydrogen-bond acceptors (Lipinski definition) is 3. The van der Waals surface area contributed by atoms with Crippen LogP contribution in [-0.2, 0) is 11.2 Å². The lowest BCUT2D eigenvalue weighted by Gasteiger charge is -2.25. The Hall–Kier alpha value is -2.46. The Balaban J connectivity index is 1.42. The van der Waals surface area contributed by atoms with Crippen LogP contribution < -0.4 is 0 Å². The first-order chi connectivity index (χ1) is 12.2. The quantitative estimate of drug-likeness (QED) is 0.861. The molecule has 0 saturated carbocycles. The van der Waals surface area contributed by atoms with Crippen molar-refractivity contribution in [3.05, 3.63) is 71.3 Å². The summed E-state index contributed by atoms with van der Waals surface area (Å²) in [6.45, 7) is 1.09. The summed E-state index contributed by atoms with van der Waals surface area (Å²) in [6, 6.07) is 19.0. The summed E-state index contributed by atoms with van der Waals surface area (Å²) in [5, 5.41) is 6.19. The SMILES string of the molecule is CN(CC(=O)N1CCC(c2ccccc2)=N1)C1CCc2ccccc21. The van der Waals surface area contributed by atoms with E-state index >= 15 is 0 Å². The van der Waals surface area contributed by atoms with Crippen LogP contribution in [-0.4, -0.2) is 41.7 Å². The van der Waals surface area contributed by atoms with Gasteiger partial charge in [-0.2, -0.15) is 5.10 Å². The summed E-state index contributed by atoms with van der Waals surface area (Å²) in [6.07, 6.45) is 3.01. The molecule has 4 rings (SSSR count). The largest absolute Gasteiger partial charge is 0.290 e. The zero-order chi connectivity index (χ0) is 17.2. The number of amides is 1. The summed E-state index contributed by atoms with van der Waals surface area (Å²) in [7, 11) is 2.04. The van der Waals surface area contributed by atoms with Gasteiger partial charge in [0.25, 0.3) is 5.91 Å². The van der Waals surface area contributed by atoms with Gasteiger partial charge in [0.05, 0.1) is 18.8 Å². The van der Waals surface area contributed by atoms with Crippen LogP contribution in [0.4, 0.5) is 0 Å². The standard InChI is InChI=1S/C21H23N3O/c1-23(20-12-11-16-7-5-6-10-18(16)20)15-21(25)24-14-13-19(22-24)17-8-3-2-4-9-17/h2-10,20H,11-15H2,1H3. The average Bonchev–Trinajstić information content (AvgIpc) is 3.30. The molecule has 0 radical (unpaired) electrons. The Morgan fingerprint density at radius 2 is 1.88 bits per heavy atom. The Bertz CT molecular complexity index is 800. The fraction of sp³-hybridized carbons (Fsp3) is 0.333. The third-order valence-electron chi connectivity index (χ3n) is 5.21. The van der Waals surface area contributed by atoms with E-state index in [2.05, 4.69) is 34.3 Å². The molecule has 0 N–H and O–H groups in total. The number of carbonyl (C=O) groups is 1. The number of benzene rings is 2. The van der Waals surface area contributed by atoms with Gasteiger partial charge in [-0.3, -0.25) is 9.69 Å². The van der Waals surface area contributed by atoms with Crippen LogP contribution in [0.25, 0.3) is 0 Å². The number of hydrazone groups is 1. The Kier molecular flexibility index (Phi) is 4.36. The van der Waals surface area contributed by atoms with Crippen LogP contribution in [0.3, 0.4) is 0 Å². The van der Waals surface area contributed by atoms with E-state index in [1.54, 1.807) is 5.01 Å². The highest BCUT2D eigenvalue weighted by atomic mass is 16.2. The number of likely N-dealkylation sites (N-methyl/N-ethyl adjacent to an activating group) is 1. The van der Waals surface area contributed by atoms with Gasteiger partial charge in [-0.1, -0.05) is 54.6 Å². The maximum Gasteiger partial charge on any atom is 0.256 e. The molecule has 1 heterocycles. The Labute approximate surface area is 148 Å². The summed E-state index contributed by atoms with van der Waals surface area (Å²) < 4.78 is 0. The highest BCUT2D eigenvalue weighted by Crippen LogP contribution is 2.34. The van der Waals surface area contributed by atoms with Crippen LogP contribution in [0.5, 0.6) is 0 Å². The number of rotatable bonds is 4. The van der Waals surface area contributed by atoms with Crippen molar-refractivity contribution in [2.24, 2.45) is 5.10 Å². The molecular weight excluding hydrogens is 310 g/mol. The fourth-order valence-electron chi connectivity index (χ4n) is 3.87. The number of aryl methyl sites for hydroxylation is 1. The van der Waals surface area contributed by atoms with E-state index in [-0.39, 0.29) is 5.91 Å². The monoisotopic (exact) mass is 333 g/mol. The average molecular weight is 333 g/mol. The highest BCUT2D eigenvalue weighted by Gasteiger charge is 2.29. The topological polar surface area (TPSA) is 35.9 Å². The zero-order valence-electron chi connectivity index (χ0n) is 14.6. The summed E-state index contributed by atoms with van der Waals surface area (Å²) in [5.41, 5.74) is 4.89.